The number of piperidine rings is 1. The molecule has 1 aromatic carbocycles. The predicted molar refractivity (Wildman–Crippen MR) is 75.5 cm³/mol. The number of benzene rings is 1. The molecule has 2 N–H and O–H groups in total. The molecule has 0 radical (unpaired) electrons. The molecule has 0 spiro atoms. The van der Waals surface area contributed by atoms with Gasteiger partial charge in [0.1, 0.15) is 6.61 Å². The highest BCUT2D eigenvalue weighted by molar-refractivity contribution is 5.41. The Morgan fingerprint density at radius 1 is 1.37 bits per heavy atom. The zero-order valence-corrected chi connectivity index (χ0v) is 11.3. The van der Waals surface area contributed by atoms with E-state index in [-0.39, 0.29) is 12.7 Å². The number of aliphatic hydroxyl groups is 2. The Hall–Kier alpha value is -1.34. The van der Waals surface area contributed by atoms with Crippen LogP contribution in [0.4, 0.5) is 0 Å². The summed E-state index contributed by atoms with van der Waals surface area (Å²) >= 11 is 0. The molecule has 0 amide bonds. The summed E-state index contributed by atoms with van der Waals surface area (Å²) in [7, 11) is 0. The summed E-state index contributed by atoms with van der Waals surface area (Å²) in [6.07, 6.45) is 0.673. The molecule has 1 fully saturated rings. The van der Waals surface area contributed by atoms with Gasteiger partial charge in [-0.05, 0) is 24.0 Å². The van der Waals surface area contributed by atoms with Gasteiger partial charge < -0.3 is 10.2 Å². The van der Waals surface area contributed by atoms with E-state index in [1.165, 1.54) is 5.56 Å². The fraction of sp³-hybridized carbons (Fsp3) is 0.500. The molecule has 1 heterocycles. The first-order valence-electron chi connectivity index (χ1n) is 6.78. The van der Waals surface area contributed by atoms with Crippen molar-refractivity contribution in [3.8, 4) is 11.8 Å². The summed E-state index contributed by atoms with van der Waals surface area (Å²) in [4.78, 5) is 2.36. The second-order valence-corrected chi connectivity index (χ2v) is 5.19. The van der Waals surface area contributed by atoms with Gasteiger partial charge in [-0.25, -0.2) is 0 Å². The highest BCUT2D eigenvalue weighted by Crippen LogP contribution is 2.19. The molecular weight excluding hydrogens is 238 g/mol. The van der Waals surface area contributed by atoms with Crippen molar-refractivity contribution in [3.63, 3.8) is 0 Å². The Kier molecular flexibility index (Phi) is 4.98. The van der Waals surface area contributed by atoms with E-state index in [1.54, 1.807) is 0 Å². The molecular formula is C16H21NO2. The van der Waals surface area contributed by atoms with Crippen molar-refractivity contribution < 1.29 is 10.2 Å². The number of likely N-dealkylation sites (tertiary alicyclic amines) is 1. The maximum absolute atomic E-state index is 9.76. The van der Waals surface area contributed by atoms with E-state index in [2.05, 4.69) is 29.7 Å². The number of rotatable bonds is 2. The van der Waals surface area contributed by atoms with Crippen LogP contribution in [0.15, 0.2) is 24.3 Å². The summed E-state index contributed by atoms with van der Waals surface area (Å²) < 4.78 is 0. The largest absolute Gasteiger partial charge is 0.393 e. The van der Waals surface area contributed by atoms with Crippen molar-refractivity contribution in [1.82, 2.24) is 4.90 Å². The van der Waals surface area contributed by atoms with Gasteiger partial charge in [0.05, 0.1) is 6.10 Å². The summed E-state index contributed by atoms with van der Waals surface area (Å²) in [5, 5.41) is 18.5. The van der Waals surface area contributed by atoms with Crippen LogP contribution in [0.5, 0.6) is 0 Å². The van der Waals surface area contributed by atoms with E-state index in [1.807, 2.05) is 18.2 Å². The van der Waals surface area contributed by atoms with Crippen molar-refractivity contribution in [2.75, 3.05) is 19.7 Å². The van der Waals surface area contributed by atoms with Gasteiger partial charge in [-0.2, -0.15) is 0 Å². The Morgan fingerprint density at radius 2 is 2.16 bits per heavy atom. The molecule has 1 aliphatic rings. The molecule has 0 aromatic heterocycles. The normalized spacial score (nSPS) is 23.7. The van der Waals surface area contributed by atoms with Gasteiger partial charge in [-0.1, -0.05) is 37.0 Å². The third kappa shape index (κ3) is 3.81. The maximum atomic E-state index is 9.76. The lowest BCUT2D eigenvalue weighted by atomic mass is 9.96. The zero-order valence-electron chi connectivity index (χ0n) is 11.3. The smallest absolute Gasteiger partial charge is 0.104 e. The van der Waals surface area contributed by atoms with Gasteiger partial charge in [0.15, 0.2) is 0 Å². The minimum Gasteiger partial charge on any atom is -0.393 e. The van der Waals surface area contributed by atoms with Crippen LogP contribution in [0.2, 0.25) is 0 Å². The fourth-order valence-corrected chi connectivity index (χ4v) is 2.52. The van der Waals surface area contributed by atoms with E-state index in [0.717, 1.165) is 31.6 Å². The van der Waals surface area contributed by atoms with Gasteiger partial charge in [0.25, 0.3) is 0 Å². The average Bonchev–Trinajstić information content (AvgIpc) is 2.42. The van der Waals surface area contributed by atoms with Crippen molar-refractivity contribution in [2.45, 2.75) is 26.0 Å². The van der Waals surface area contributed by atoms with Crippen molar-refractivity contribution in [1.29, 1.82) is 0 Å². The van der Waals surface area contributed by atoms with Gasteiger partial charge >= 0.3 is 0 Å². The molecule has 2 rings (SSSR count). The monoisotopic (exact) mass is 259 g/mol. The third-order valence-corrected chi connectivity index (χ3v) is 3.66. The average molecular weight is 259 g/mol. The fourth-order valence-electron chi connectivity index (χ4n) is 2.52. The van der Waals surface area contributed by atoms with E-state index in [4.69, 9.17) is 5.11 Å². The lowest BCUT2D eigenvalue weighted by molar-refractivity contribution is 0.0320. The first-order chi connectivity index (χ1) is 9.20. The molecule has 1 aliphatic heterocycles. The van der Waals surface area contributed by atoms with Crippen LogP contribution < -0.4 is 0 Å². The number of hydrogen-bond donors (Lipinski definition) is 2. The van der Waals surface area contributed by atoms with Crippen LogP contribution in [0, 0.1) is 17.8 Å². The molecule has 1 saturated heterocycles. The van der Waals surface area contributed by atoms with Crippen molar-refractivity contribution in [3.05, 3.63) is 35.4 Å². The highest BCUT2D eigenvalue weighted by Gasteiger charge is 2.24. The van der Waals surface area contributed by atoms with Crippen LogP contribution in [-0.2, 0) is 6.54 Å². The second-order valence-electron chi connectivity index (χ2n) is 5.19. The maximum Gasteiger partial charge on any atom is 0.104 e. The van der Waals surface area contributed by atoms with Crippen LogP contribution in [0.1, 0.15) is 24.5 Å². The number of aliphatic hydroxyl groups excluding tert-OH is 2. The SMILES string of the molecule is CC1CN(Cc2ccccc2C#CCO)CCC1O. The first-order valence-corrected chi connectivity index (χ1v) is 6.78. The number of hydrogen-bond acceptors (Lipinski definition) is 3. The molecule has 3 heteroatoms. The molecule has 0 saturated carbocycles. The van der Waals surface area contributed by atoms with E-state index in [0.29, 0.717) is 5.92 Å². The molecule has 0 bridgehead atoms. The van der Waals surface area contributed by atoms with Gasteiger partial charge in [-0.15, -0.1) is 0 Å². The van der Waals surface area contributed by atoms with Crippen LogP contribution in [-0.4, -0.2) is 40.9 Å². The van der Waals surface area contributed by atoms with E-state index in [9.17, 15) is 5.11 Å². The van der Waals surface area contributed by atoms with Gasteiger partial charge in [0, 0.05) is 25.2 Å². The molecule has 19 heavy (non-hydrogen) atoms. The lowest BCUT2D eigenvalue weighted by Crippen LogP contribution is -2.41. The second kappa shape index (κ2) is 6.72. The molecule has 3 nitrogen and oxygen atoms in total. The summed E-state index contributed by atoms with van der Waals surface area (Å²) in [6.45, 7) is 4.68. The Morgan fingerprint density at radius 3 is 2.89 bits per heavy atom. The van der Waals surface area contributed by atoms with E-state index >= 15 is 0 Å². The van der Waals surface area contributed by atoms with Gasteiger partial charge in [0.2, 0.25) is 0 Å². The number of nitrogens with zero attached hydrogens (tertiary/aromatic N) is 1. The Labute approximate surface area is 114 Å². The van der Waals surface area contributed by atoms with Crippen LogP contribution in [0.25, 0.3) is 0 Å². The molecule has 102 valence electrons. The minimum atomic E-state index is -0.166. The lowest BCUT2D eigenvalue weighted by Gasteiger charge is -2.34. The highest BCUT2D eigenvalue weighted by atomic mass is 16.3. The van der Waals surface area contributed by atoms with Gasteiger partial charge in [-0.3, -0.25) is 4.90 Å². The summed E-state index contributed by atoms with van der Waals surface area (Å²) in [5.74, 6) is 6.03. The topological polar surface area (TPSA) is 43.7 Å². The standard InChI is InChI=1S/C16H21NO2/c1-13-11-17(9-8-16(13)19)12-15-6-3-2-5-14(15)7-4-10-18/h2-3,5-6,13,16,18-19H,8-12H2,1H3. The predicted octanol–water partition coefficient (Wildman–Crippen LogP) is 1.23. The Bertz CT molecular complexity index is 475. The van der Waals surface area contributed by atoms with Crippen molar-refractivity contribution >= 4 is 0 Å². The minimum absolute atomic E-state index is 0.110. The quantitative estimate of drug-likeness (QED) is 0.785. The molecule has 2 unspecified atom stereocenters. The van der Waals surface area contributed by atoms with Crippen LogP contribution in [0.3, 0.4) is 0 Å². The van der Waals surface area contributed by atoms with Crippen molar-refractivity contribution in [2.24, 2.45) is 5.92 Å². The zero-order chi connectivity index (χ0) is 13.7. The molecule has 2 atom stereocenters. The molecule has 0 aliphatic carbocycles. The van der Waals surface area contributed by atoms with E-state index < -0.39 is 0 Å². The first kappa shape index (κ1) is 14.1. The summed E-state index contributed by atoms with van der Waals surface area (Å²) in [5.41, 5.74) is 2.17. The summed E-state index contributed by atoms with van der Waals surface area (Å²) in [6, 6.07) is 8.05. The molecule has 1 aromatic rings. The Balaban J connectivity index is 2.07. The van der Waals surface area contributed by atoms with Crippen LogP contribution >= 0.6 is 0 Å². The third-order valence-electron chi connectivity index (χ3n) is 3.66.